The van der Waals surface area contributed by atoms with E-state index in [0.717, 1.165) is 17.9 Å². The molecule has 0 bridgehead atoms. The van der Waals surface area contributed by atoms with E-state index in [1.807, 2.05) is 12.1 Å². The zero-order valence-electron chi connectivity index (χ0n) is 10.6. The molecule has 0 radical (unpaired) electrons. The van der Waals surface area contributed by atoms with Crippen LogP contribution in [0.25, 0.3) is 0 Å². The Morgan fingerprint density at radius 1 is 1.44 bits per heavy atom. The molecule has 1 atom stereocenters. The molecule has 0 N–H and O–H groups in total. The van der Waals surface area contributed by atoms with Crippen LogP contribution in [-0.2, 0) is 4.74 Å². The van der Waals surface area contributed by atoms with Crippen LogP contribution < -0.4 is 0 Å². The van der Waals surface area contributed by atoms with Crippen LogP contribution in [0.15, 0.2) is 24.3 Å². The van der Waals surface area contributed by atoms with Crippen LogP contribution in [0, 0.1) is 17.2 Å². The highest BCUT2D eigenvalue weighted by molar-refractivity contribution is 5.89. The van der Waals surface area contributed by atoms with Crippen LogP contribution in [-0.4, -0.2) is 12.6 Å². The second-order valence-electron chi connectivity index (χ2n) is 4.70. The van der Waals surface area contributed by atoms with Crippen molar-refractivity contribution in [2.45, 2.75) is 32.1 Å². The van der Waals surface area contributed by atoms with Crippen molar-refractivity contribution in [3.05, 3.63) is 35.4 Å². The molecule has 1 aromatic carbocycles. The summed E-state index contributed by atoms with van der Waals surface area (Å²) >= 11 is 0. The van der Waals surface area contributed by atoms with Gasteiger partial charge in [-0.2, -0.15) is 5.26 Å². The molecule has 18 heavy (non-hydrogen) atoms. The van der Waals surface area contributed by atoms with Crippen molar-refractivity contribution in [2.75, 3.05) is 6.61 Å². The molecule has 1 saturated carbocycles. The average Bonchev–Trinajstić information content (AvgIpc) is 3.20. The highest BCUT2D eigenvalue weighted by Gasteiger charge is 2.26. The summed E-state index contributed by atoms with van der Waals surface area (Å²) in [5.74, 6) is 0.368. The molecular weight excluding hydrogens is 226 g/mol. The van der Waals surface area contributed by atoms with Gasteiger partial charge in [-0.3, -0.25) is 0 Å². The van der Waals surface area contributed by atoms with Gasteiger partial charge in [0.05, 0.1) is 24.2 Å². The topological polar surface area (TPSA) is 50.1 Å². The molecule has 3 nitrogen and oxygen atoms in total. The number of carbonyl (C=O) groups excluding carboxylic acids is 1. The van der Waals surface area contributed by atoms with Crippen LogP contribution in [0.5, 0.6) is 0 Å². The third-order valence-corrected chi connectivity index (χ3v) is 3.25. The van der Waals surface area contributed by atoms with Gasteiger partial charge < -0.3 is 4.74 Å². The average molecular weight is 243 g/mol. The molecule has 1 fully saturated rings. The van der Waals surface area contributed by atoms with E-state index in [1.165, 1.54) is 12.8 Å². The molecule has 94 valence electrons. The Balaban J connectivity index is 2.05. The van der Waals surface area contributed by atoms with Gasteiger partial charge in [-0.15, -0.1) is 0 Å². The Morgan fingerprint density at radius 3 is 2.61 bits per heavy atom. The first kappa shape index (κ1) is 12.6. The van der Waals surface area contributed by atoms with E-state index in [1.54, 1.807) is 19.1 Å². The zero-order chi connectivity index (χ0) is 13.0. The van der Waals surface area contributed by atoms with Crippen molar-refractivity contribution in [3.63, 3.8) is 0 Å². The summed E-state index contributed by atoms with van der Waals surface area (Å²) in [5.41, 5.74) is 1.54. The van der Waals surface area contributed by atoms with Crippen molar-refractivity contribution < 1.29 is 9.53 Å². The maximum Gasteiger partial charge on any atom is 0.338 e. The van der Waals surface area contributed by atoms with Crippen molar-refractivity contribution in [1.82, 2.24) is 0 Å². The van der Waals surface area contributed by atoms with Crippen LogP contribution in [0.2, 0.25) is 0 Å². The largest absolute Gasteiger partial charge is 0.462 e. The Kier molecular flexibility index (Phi) is 3.99. The van der Waals surface area contributed by atoms with Crippen LogP contribution in [0.3, 0.4) is 0 Å². The van der Waals surface area contributed by atoms with Crippen LogP contribution in [0.4, 0.5) is 0 Å². The zero-order valence-corrected chi connectivity index (χ0v) is 10.6. The lowest BCUT2D eigenvalue weighted by atomic mass is 9.94. The number of nitriles is 1. The van der Waals surface area contributed by atoms with Gasteiger partial charge in [0.1, 0.15) is 0 Å². The molecule has 0 heterocycles. The number of benzene rings is 1. The maximum atomic E-state index is 11.5. The van der Waals surface area contributed by atoms with Gasteiger partial charge in [0.15, 0.2) is 0 Å². The molecule has 2 rings (SSSR count). The number of carbonyl (C=O) groups is 1. The summed E-state index contributed by atoms with van der Waals surface area (Å²) in [6.45, 7) is 2.16. The Bertz CT molecular complexity index is 454. The normalized spacial score (nSPS) is 15.8. The molecule has 0 spiro atoms. The Hall–Kier alpha value is -1.82. The monoisotopic (exact) mass is 243 g/mol. The second-order valence-corrected chi connectivity index (χ2v) is 4.70. The lowest BCUT2D eigenvalue weighted by molar-refractivity contribution is 0.0526. The van der Waals surface area contributed by atoms with Crippen LogP contribution in [0.1, 0.15) is 48.0 Å². The van der Waals surface area contributed by atoms with Gasteiger partial charge in [0.2, 0.25) is 0 Å². The van der Waals surface area contributed by atoms with Crippen LogP contribution >= 0.6 is 0 Å². The predicted molar refractivity (Wildman–Crippen MR) is 68.1 cm³/mol. The summed E-state index contributed by atoms with van der Waals surface area (Å²) in [6, 6.07) is 9.56. The molecule has 3 heteroatoms. The smallest absolute Gasteiger partial charge is 0.338 e. The van der Waals surface area contributed by atoms with Gasteiger partial charge in [-0.05, 0) is 37.0 Å². The fourth-order valence-corrected chi connectivity index (χ4v) is 2.02. The summed E-state index contributed by atoms with van der Waals surface area (Å²) < 4.78 is 4.93. The van der Waals surface area contributed by atoms with E-state index >= 15 is 0 Å². The fraction of sp³-hybridized carbons (Fsp3) is 0.467. The molecule has 0 amide bonds. The molecule has 1 aliphatic carbocycles. The van der Waals surface area contributed by atoms with E-state index < -0.39 is 0 Å². The van der Waals surface area contributed by atoms with Crippen molar-refractivity contribution in [3.8, 4) is 6.07 Å². The molecule has 1 aromatic rings. The SMILES string of the molecule is CCOC(=O)c1ccc(C(C#N)CC2CC2)cc1. The van der Waals surface area contributed by atoms with Gasteiger partial charge in [0.25, 0.3) is 0 Å². The molecular formula is C15H17NO2. The van der Waals surface area contributed by atoms with Crippen molar-refractivity contribution >= 4 is 5.97 Å². The third-order valence-electron chi connectivity index (χ3n) is 3.25. The number of rotatable bonds is 5. The predicted octanol–water partition coefficient (Wildman–Crippen LogP) is 3.27. The standard InChI is InChI=1S/C15H17NO2/c1-2-18-15(17)13-7-5-12(6-8-13)14(10-16)9-11-3-4-11/h5-8,11,14H,2-4,9H2,1H3. The number of hydrogen-bond donors (Lipinski definition) is 0. The van der Waals surface area contributed by atoms with Gasteiger partial charge in [-0.25, -0.2) is 4.79 Å². The van der Waals surface area contributed by atoms with Crippen molar-refractivity contribution in [2.24, 2.45) is 5.92 Å². The molecule has 0 saturated heterocycles. The quantitative estimate of drug-likeness (QED) is 0.746. The summed E-state index contributed by atoms with van der Waals surface area (Å²) in [7, 11) is 0. The molecule has 0 aromatic heterocycles. The number of ether oxygens (including phenoxy) is 1. The Labute approximate surface area is 107 Å². The highest BCUT2D eigenvalue weighted by Crippen LogP contribution is 2.38. The first-order valence-electron chi connectivity index (χ1n) is 6.41. The summed E-state index contributed by atoms with van der Waals surface area (Å²) in [6.07, 6.45) is 3.44. The number of esters is 1. The van der Waals surface area contributed by atoms with Crippen molar-refractivity contribution in [1.29, 1.82) is 5.26 Å². The van der Waals surface area contributed by atoms with Gasteiger partial charge in [0, 0.05) is 0 Å². The second kappa shape index (κ2) is 5.68. The molecule has 0 aliphatic heterocycles. The number of hydrogen-bond acceptors (Lipinski definition) is 3. The van der Waals surface area contributed by atoms with Gasteiger partial charge >= 0.3 is 5.97 Å². The lowest BCUT2D eigenvalue weighted by Crippen LogP contribution is -2.05. The first-order valence-corrected chi connectivity index (χ1v) is 6.41. The van der Waals surface area contributed by atoms with E-state index in [9.17, 15) is 10.1 Å². The van der Waals surface area contributed by atoms with E-state index in [-0.39, 0.29) is 11.9 Å². The third kappa shape index (κ3) is 3.10. The summed E-state index contributed by atoms with van der Waals surface area (Å²) in [5, 5.41) is 9.18. The first-order chi connectivity index (χ1) is 8.74. The van der Waals surface area contributed by atoms with E-state index in [2.05, 4.69) is 6.07 Å². The minimum atomic E-state index is -0.306. The molecule has 1 unspecified atom stereocenters. The molecule has 1 aliphatic rings. The lowest BCUT2D eigenvalue weighted by Gasteiger charge is -2.09. The van der Waals surface area contributed by atoms with E-state index in [0.29, 0.717) is 12.2 Å². The minimum Gasteiger partial charge on any atom is -0.462 e. The number of nitrogens with zero attached hydrogens (tertiary/aromatic N) is 1. The minimum absolute atomic E-state index is 0.0475. The maximum absolute atomic E-state index is 11.5. The fourth-order valence-electron chi connectivity index (χ4n) is 2.02. The Morgan fingerprint density at radius 2 is 2.11 bits per heavy atom. The van der Waals surface area contributed by atoms with E-state index in [4.69, 9.17) is 4.74 Å². The summed E-state index contributed by atoms with van der Waals surface area (Å²) in [4.78, 5) is 11.5. The van der Waals surface area contributed by atoms with Gasteiger partial charge in [-0.1, -0.05) is 25.0 Å². The highest BCUT2D eigenvalue weighted by atomic mass is 16.5.